The van der Waals surface area contributed by atoms with Crippen molar-refractivity contribution in [3.63, 3.8) is 0 Å². The minimum Gasteiger partial charge on any atom is -0.491 e. The van der Waals surface area contributed by atoms with Gasteiger partial charge < -0.3 is 8.85 Å². The number of hydrogen-bond acceptors (Lipinski definition) is 3. The van der Waals surface area contributed by atoms with E-state index in [1.54, 1.807) is 7.11 Å². The highest BCUT2D eigenvalue weighted by Crippen LogP contribution is 2.22. The number of hydrogen-bond donors (Lipinski definition) is 0. The van der Waals surface area contributed by atoms with E-state index in [0.29, 0.717) is 6.04 Å². The van der Waals surface area contributed by atoms with E-state index >= 15 is 0 Å². The molecule has 1 aromatic rings. The van der Waals surface area contributed by atoms with Crippen LogP contribution in [0.25, 0.3) is 0 Å². The largest absolute Gasteiger partial charge is 0.491 e. The van der Waals surface area contributed by atoms with Gasteiger partial charge in [0.1, 0.15) is 0 Å². The van der Waals surface area contributed by atoms with Crippen LogP contribution in [0.5, 0.6) is 0 Å². The SMILES string of the molecule is C=CC(=O)O[Si](CCCC)(Cc1ccccc1)OC. The van der Waals surface area contributed by atoms with Gasteiger partial charge in [-0.1, -0.05) is 56.7 Å². The molecule has 104 valence electrons. The van der Waals surface area contributed by atoms with Crippen molar-refractivity contribution in [2.75, 3.05) is 7.11 Å². The Morgan fingerprint density at radius 3 is 2.58 bits per heavy atom. The number of unbranched alkanes of at least 4 members (excludes halogenated alkanes) is 1. The molecule has 0 radical (unpaired) electrons. The molecule has 19 heavy (non-hydrogen) atoms. The minimum absolute atomic E-state index is 0.388. The first-order valence-electron chi connectivity index (χ1n) is 6.60. The Hall–Kier alpha value is -1.39. The van der Waals surface area contributed by atoms with Crippen molar-refractivity contribution in [1.82, 2.24) is 0 Å². The van der Waals surface area contributed by atoms with E-state index in [4.69, 9.17) is 8.85 Å². The van der Waals surface area contributed by atoms with Crippen LogP contribution in [0.3, 0.4) is 0 Å². The zero-order chi connectivity index (χ0) is 14.1. The Balaban J connectivity index is 2.88. The molecule has 0 bridgehead atoms. The normalized spacial score (nSPS) is 13.6. The lowest BCUT2D eigenvalue weighted by molar-refractivity contribution is -0.131. The smallest absolute Gasteiger partial charge is 0.405 e. The summed E-state index contributed by atoms with van der Waals surface area (Å²) in [5.41, 5.74) is 1.14. The summed E-state index contributed by atoms with van der Waals surface area (Å²) in [5.74, 6) is -0.388. The number of carbonyl (C=O) groups excluding carboxylic acids is 1. The van der Waals surface area contributed by atoms with Gasteiger partial charge in [0, 0.05) is 25.3 Å². The van der Waals surface area contributed by atoms with Crippen molar-refractivity contribution in [1.29, 1.82) is 0 Å². The zero-order valence-corrected chi connectivity index (χ0v) is 12.7. The van der Waals surface area contributed by atoms with Crippen LogP contribution in [0.15, 0.2) is 43.0 Å². The molecule has 0 saturated carbocycles. The first-order valence-corrected chi connectivity index (χ1v) is 8.83. The van der Waals surface area contributed by atoms with Crippen LogP contribution in [0.1, 0.15) is 25.3 Å². The molecule has 1 aromatic carbocycles. The van der Waals surface area contributed by atoms with Crippen LogP contribution >= 0.6 is 0 Å². The number of carbonyl (C=O) groups is 1. The molecular formula is C15H22O3Si. The summed E-state index contributed by atoms with van der Waals surface area (Å²) in [5, 5.41) is 0. The second-order valence-electron chi connectivity index (χ2n) is 4.51. The van der Waals surface area contributed by atoms with Crippen molar-refractivity contribution in [2.24, 2.45) is 0 Å². The predicted octanol–water partition coefficient (Wildman–Crippen LogP) is 3.39. The Morgan fingerprint density at radius 2 is 2.05 bits per heavy atom. The molecule has 0 saturated heterocycles. The molecule has 0 fully saturated rings. The lowest BCUT2D eigenvalue weighted by Gasteiger charge is -2.28. The van der Waals surface area contributed by atoms with E-state index in [1.807, 2.05) is 30.3 Å². The third kappa shape index (κ3) is 5.01. The lowest BCUT2D eigenvalue weighted by atomic mass is 10.2. The van der Waals surface area contributed by atoms with E-state index in [9.17, 15) is 4.79 Å². The molecule has 1 atom stereocenters. The van der Waals surface area contributed by atoms with Crippen LogP contribution < -0.4 is 0 Å². The Labute approximate surface area is 116 Å². The Bertz CT molecular complexity index is 405. The van der Waals surface area contributed by atoms with Crippen molar-refractivity contribution in [3.8, 4) is 0 Å². The lowest BCUT2D eigenvalue weighted by Crippen LogP contribution is -2.45. The van der Waals surface area contributed by atoms with Crippen LogP contribution in [0, 0.1) is 0 Å². The highest BCUT2D eigenvalue weighted by molar-refractivity contribution is 6.68. The Morgan fingerprint density at radius 1 is 1.37 bits per heavy atom. The second-order valence-corrected chi connectivity index (χ2v) is 7.79. The maximum Gasteiger partial charge on any atom is 0.405 e. The summed E-state index contributed by atoms with van der Waals surface area (Å²) in [6.45, 7) is 5.58. The van der Waals surface area contributed by atoms with Gasteiger partial charge in [0.05, 0.1) is 0 Å². The molecule has 4 heteroatoms. The van der Waals surface area contributed by atoms with Crippen molar-refractivity contribution in [2.45, 2.75) is 31.9 Å². The zero-order valence-electron chi connectivity index (χ0n) is 11.7. The van der Waals surface area contributed by atoms with Crippen molar-refractivity contribution in [3.05, 3.63) is 48.6 Å². The summed E-state index contributed by atoms with van der Waals surface area (Å²) < 4.78 is 11.3. The maximum atomic E-state index is 11.6. The first kappa shape index (κ1) is 15.7. The molecule has 0 N–H and O–H groups in total. The quantitative estimate of drug-likeness (QED) is 0.540. The van der Waals surface area contributed by atoms with Crippen LogP contribution in [0.4, 0.5) is 0 Å². The first-order chi connectivity index (χ1) is 9.15. The molecule has 0 amide bonds. The van der Waals surface area contributed by atoms with E-state index in [2.05, 4.69) is 13.5 Å². The minimum atomic E-state index is -2.54. The van der Waals surface area contributed by atoms with Gasteiger partial charge in [-0.05, 0) is 5.56 Å². The van der Waals surface area contributed by atoms with Crippen LogP contribution in [-0.4, -0.2) is 21.6 Å². The van der Waals surface area contributed by atoms with Gasteiger partial charge in [-0.3, -0.25) is 0 Å². The molecule has 0 aliphatic heterocycles. The topological polar surface area (TPSA) is 35.5 Å². The van der Waals surface area contributed by atoms with E-state index in [1.165, 1.54) is 6.08 Å². The maximum absolute atomic E-state index is 11.6. The van der Waals surface area contributed by atoms with Crippen molar-refractivity contribution < 1.29 is 13.6 Å². The molecular weight excluding hydrogens is 256 g/mol. The van der Waals surface area contributed by atoms with Gasteiger partial charge in [0.25, 0.3) is 0 Å². The molecule has 3 nitrogen and oxygen atoms in total. The average molecular weight is 278 g/mol. The van der Waals surface area contributed by atoms with Gasteiger partial charge in [-0.2, -0.15) is 0 Å². The fraction of sp³-hybridized carbons (Fsp3) is 0.400. The van der Waals surface area contributed by atoms with Crippen LogP contribution in [0.2, 0.25) is 6.04 Å². The van der Waals surface area contributed by atoms with E-state index < -0.39 is 8.56 Å². The summed E-state index contributed by atoms with van der Waals surface area (Å²) >= 11 is 0. The monoisotopic (exact) mass is 278 g/mol. The highest BCUT2D eigenvalue weighted by atomic mass is 28.4. The van der Waals surface area contributed by atoms with E-state index in [-0.39, 0.29) is 5.97 Å². The van der Waals surface area contributed by atoms with E-state index in [0.717, 1.165) is 24.4 Å². The van der Waals surface area contributed by atoms with Gasteiger partial charge >= 0.3 is 14.5 Å². The molecule has 0 aromatic heterocycles. The van der Waals surface area contributed by atoms with Gasteiger partial charge in [0.2, 0.25) is 0 Å². The third-order valence-electron chi connectivity index (χ3n) is 3.05. The summed E-state index contributed by atoms with van der Waals surface area (Å²) in [6, 6.07) is 11.5. The van der Waals surface area contributed by atoms with Crippen molar-refractivity contribution >= 4 is 14.5 Å². The number of benzene rings is 1. The van der Waals surface area contributed by atoms with Gasteiger partial charge in [0.15, 0.2) is 0 Å². The summed E-state index contributed by atoms with van der Waals surface area (Å²) in [6.07, 6.45) is 3.26. The van der Waals surface area contributed by atoms with Gasteiger partial charge in [-0.15, -0.1) is 0 Å². The summed E-state index contributed by atoms with van der Waals surface area (Å²) in [7, 11) is -0.896. The molecule has 0 heterocycles. The molecule has 1 rings (SSSR count). The predicted molar refractivity (Wildman–Crippen MR) is 78.9 cm³/mol. The highest BCUT2D eigenvalue weighted by Gasteiger charge is 2.39. The molecule has 0 spiro atoms. The Kier molecular flexibility index (Phi) is 6.52. The number of rotatable bonds is 8. The van der Waals surface area contributed by atoms with Gasteiger partial charge in [-0.25, -0.2) is 4.79 Å². The van der Waals surface area contributed by atoms with Crippen LogP contribution in [-0.2, 0) is 19.7 Å². The summed E-state index contributed by atoms with van der Waals surface area (Å²) in [4.78, 5) is 11.6. The average Bonchev–Trinajstić information content (AvgIpc) is 2.45. The molecule has 0 aliphatic carbocycles. The molecule has 1 unspecified atom stereocenters. The fourth-order valence-corrected chi connectivity index (χ4v) is 4.95. The standard InChI is InChI=1S/C15H22O3Si/c1-4-6-12-19(17-3,18-15(16)5-2)13-14-10-8-7-9-11-14/h5,7-11H,2,4,6,12-13H2,1,3H3. The molecule has 0 aliphatic rings. The second kappa shape index (κ2) is 7.91. The third-order valence-corrected chi connectivity index (χ3v) is 6.43. The fourth-order valence-electron chi connectivity index (χ4n) is 1.97.